The van der Waals surface area contributed by atoms with E-state index < -0.39 is 0 Å². The van der Waals surface area contributed by atoms with Crippen LogP contribution in [-0.2, 0) is 4.79 Å². The van der Waals surface area contributed by atoms with Crippen LogP contribution in [0, 0.1) is 12.8 Å². The van der Waals surface area contributed by atoms with Gasteiger partial charge in [0, 0.05) is 31.8 Å². The van der Waals surface area contributed by atoms with E-state index >= 15 is 0 Å². The summed E-state index contributed by atoms with van der Waals surface area (Å²) >= 11 is 0. The average molecular weight is 354 g/mol. The zero-order chi connectivity index (χ0) is 18.2. The standard InChI is InChI=1S/C19H26N6O/c1-14-6-7-20-17(10-14)25-18-12-16(23-13-24-18)21-8-9-22-19(26)11-15-4-2-3-5-15/h6-7,10,12-13,15H,2-5,8-9,11H2,1H3,(H,22,26)(H2,20,21,23,24,25). The Morgan fingerprint density at radius 1 is 1.08 bits per heavy atom. The molecule has 2 aromatic rings. The van der Waals surface area contributed by atoms with Gasteiger partial charge in [0.2, 0.25) is 5.91 Å². The fourth-order valence-corrected chi connectivity index (χ4v) is 3.20. The van der Waals surface area contributed by atoms with Gasteiger partial charge < -0.3 is 16.0 Å². The van der Waals surface area contributed by atoms with Crippen LogP contribution in [0.1, 0.15) is 37.7 Å². The average Bonchev–Trinajstić information content (AvgIpc) is 3.12. The first kappa shape index (κ1) is 18.1. The van der Waals surface area contributed by atoms with E-state index in [1.807, 2.05) is 25.1 Å². The smallest absolute Gasteiger partial charge is 0.220 e. The quantitative estimate of drug-likeness (QED) is 0.631. The molecule has 26 heavy (non-hydrogen) atoms. The molecule has 2 heterocycles. The highest BCUT2D eigenvalue weighted by Crippen LogP contribution is 2.27. The number of carbonyl (C=O) groups excluding carboxylic acids is 1. The molecular weight excluding hydrogens is 328 g/mol. The molecule has 0 spiro atoms. The van der Waals surface area contributed by atoms with Crippen molar-refractivity contribution in [1.82, 2.24) is 20.3 Å². The maximum atomic E-state index is 11.9. The van der Waals surface area contributed by atoms with E-state index in [0.29, 0.717) is 37.1 Å². The molecule has 138 valence electrons. The topological polar surface area (TPSA) is 91.8 Å². The molecule has 0 radical (unpaired) electrons. The number of nitrogens with zero attached hydrogens (tertiary/aromatic N) is 3. The molecule has 0 saturated heterocycles. The van der Waals surface area contributed by atoms with Gasteiger partial charge in [-0.1, -0.05) is 12.8 Å². The summed E-state index contributed by atoms with van der Waals surface area (Å²) in [6.07, 6.45) is 8.83. The monoisotopic (exact) mass is 354 g/mol. The lowest BCUT2D eigenvalue weighted by atomic mass is 10.0. The molecule has 2 aromatic heterocycles. The van der Waals surface area contributed by atoms with Crippen LogP contribution in [0.2, 0.25) is 0 Å². The molecule has 0 aliphatic heterocycles. The van der Waals surface area contributed by atoms with Gasteiger partial charge in [-0.05, 0) is 43.4 Å². The van der Waals surface area contributed by atoms with Crippen LogP contribution in [0.5, 0.6) is 0 Å². The highest BCUT2D eigenvalue weighted by atomic mass is 16.1. The third-order valence-electron chi connectivity index (χ3n) is 4.54. The molecule has 1 aliphatic rings. The Kier molecular flexibility index (Phi) is 6.35. The molecular formula is C19H26N6O. The van der Waals surface area contributed by atoms with Crippen LogP contribution in [0.15, 0.2) is 30.7 Å². The normalized spacial score (nSPS) is 14.2. The van der Waals surface area contributed by atoms with Gasteiger partial charge >= 0.3 is 0 Å². The number of nitrogens with one attached hydrogen (secondary N) is 3. The molecule has 1 amide bonds. The lowest BCUT2D eigenvalue weighted by Gasteiger charge is -2.11. The molecule has 0 unspecified atom stereocenters. The summed E-state index contributed by atoms with van der Waals surface area (Å²) in [6, 6.07) is 5.72. The Morgan fingerprint density at radius 3 is 2.65 bits per heavy atom. The summed E-state index contributed by atoms with van der Waals surface area (Å²) < 4.78 is 0. The molecule has 0 atom stereocenters. The predicted molar refractivity (Wildman–Crippen MR) is 102 cm³/mol. The van der Waals surface area contributed by atoms with E-state index in [-0.39, 0.29) is 5.91 Å². The van der Waals surface area contributed by atoms with E-state index in [1.54, 1.807) is 6.20 Å². The summed E-state index contributed by atoms with van der Waals surface area (Å²) in [6.45, 7) is 3.22. The fourth-order valence-electron chi connectivity index (χ4n) is 3.20. The van der Waals surface area contributed by atoms with E-state index in [0.717, 1.165) is 11.4 Å². The fraction of sp³-hybridized carbons (Fsp3) is 0.474. The highest BCUT2D eigenvalue weighted by Gasteiger charge is 2.17. The van der Waals surface area contributed by atoms with Crippen LogP contribution < -0.4 is 16.0 Å². The SMILES string of the molecule is Cc1ccnc(Nc2cc(NCCNC(=O)CC3CCCC3)ncn2)c1. The molecule has 7 nitrogen and oxygen atoms in total. The third-order valence-corrected chi connectivity index (χ3v) is 4.54. The first-order valence-electron chi connectivity index (χ1n) is 9.21. The lowest BCUT2D eigenvalue weighted by molar-refractivity contribution is -0.121. The minimum atomic E-state index is 0.147. The number of carbonyl (C=O) groups is 1. The summed E-state index contributed by atoms with van der Waals surface area (Å²) in [5.41, 5.74) is 1.13. The van der Waals surface area contributed by atoms with Crippen molar-refractivity contribution in [2.45, 2.75) is 39.0 Å². The van der Waals surface area contributed by atoms with E-state index in [4.69, 9.17) is 0 Å². The second kappa shape index (κ2) is 9.12. The number of rotatable bonds is 8. The van der Waals surface area contributed by atoms with Crippen molar-refractivity contribution in [3.8, 4) is 0 Å². The lowest BCUT2D eigenvalue weighted by Crippen LogP contribution is -2.30. The van der Waals surface area contributed by atoms with Crippen molar-refractivity contribution in [1.29, 1.82) is 0 Å². The van der Waals surface area contributed by atoms with Crippen molar-refractivity contribution in [3.63, 3.8) is 0 Å². The van der Waals surface area contributed by atoms with Crippen molar-refractivity contribution in [3.05, 3.63) is 36.3 Å². The molecule has 0 bridgehead atoms. The Balaban J connectivity index is 1.41. The van der Waals surface area contributed by atoms with Gasteiger partial charge in [-0.2, -0.15) is 0 Å². The van der Waals surface area contributed by atoms with Crippen LogP contribution in [0.25, 0.3) is 0 Å². The molecule has 1 fully saturated rings. The molecule has 3 N–H and O–H groups in total. The number of hydrogen-bond donors (Lipinski definition) is 3. The number of hydrogen-bond acceptors (Lipinski definition) is 6. The molecule has 7 heteroatoms. The van der Waals surface area contributed by atoms with Crippen molar-refractivity contribution in [2.75, 3.05) is 23.7 Å². The van der Waals surface area contributed by atoms with E-state index in [9.17, 15) is 4.79 Å². The minimum absolute atomic E-state index is 0.147. The second-order valence-corrected chi connectivity index (χ2v) is 6.76. The number of aromatic nitrogens is 3. The van der Waals surface area contributed by atoms with Gasteiger partial charge in [0.15, 0.2) is 0 Å². The number of pyridine rings is 1. The summed E-state index contributed by atoms with van der Waals surface area (Å²) in [5.74, 6) is 2.85. The zero-order valence-corrected chi connectivity index (χ0v) is 15.2. The van der Waals surface area contributed by atoms with Gasteiger partial charge in [0.25, 0.3) is 0 Å². The van der Waals surface area contributed by atoms with Crippen molar-refractivity contribution >= 4 is 23.4 Å². The number of amides is 1. The first-order chi connectivity index (χ1) is 12.7. The molecule has 1 saturated carbocycles. The van der Waals surface area contributed by atoms with Gasteiger partial charge in [-0.15, -0.1) is 0 Å². The van der Waals surface area contributed by atoms with Crippen molar-refractivity contribution in [2.24, 2.45) is 5.92 Å². The van der Waals surface area contributed by atoms with Gasteiger partial charge in [-0.25, -0.2) is 15.0 Å². The van der Waals surface area contributed by atoms with E-state index in [1.165, 1.54) is 32.0 Å². The van der Waals surface area contributed by atoms with Gasteiger partial charge in [-0.3, -0.25) is 4.79 Å². The van der Waals surface area contributed by atoms with Crippen LogP contribution in [0.3, 0.4) is 0 Å². The van der Waals surface area contributed by atoms with Crippen molar-refractivity contribution < 1.29 is 4.79 Å². The summed E-state index contributed by atoms with van der Waals surface area (Å²) in [4.78, 5) is 24.6. The third kappa shape index (κ3) is 5.68. The maximum Gasteiger partial charge on any atom is 0.220 e. The van der Waals surface area contributed by atoms with Gasteiger partial charge in [0.05, 0.1) is 0 Å². The highest BCUT2D eigenvalue weighted by molar-refractivity contribution is 5.76. The number of anilines is 3. The summed E-state index contributed by atoms with van der Waals surface area (Å²) in [7, 11) is 0. The first-order valence-corrected chi connectivity index (χ1v) is 9.21. The maximum absolute atomic E-state index is 11.9. The minimum Gasteiger partial charge on any atom is -0.368 e. The van der Waals surface area contributed by atoms with E-state index in [2.05, 4.69) is 30.9 Å². The molecule has 0 aromatic carbocycles. The van der Waals surface area contributed by atoms with Crippen LogP contribution in [-0.4, -0.2) is 33.9 Å². The number of aryl methyl sites for hydroxylation is 1. The van der Waals surface area contributed by atoms with Gasteiger partial charge in [0.1, 0.15) is 23.8 Å². The Bertz CT molecular complexity index is 729. The molecule has 3 rings (SSSR count). The zero-order valence-electron chi connectivity index (χ0n) is 15.2. The summed E-state index contributed by atoms with van der Waals surface area (Å²) in [5, 5.41) is 9.34. The Morgan fingerprint density at radius 2 is 1.85 bits per heavy atom. The second-order valence-electron chi connectivity index (χ2n) is 6.76. The Hall–Kier alpha value is -2.70. The predicted octanol–water partition coefficient (Wildman–Crippen LogP) is 3.03. The molecule has 1 aliphatic carbocycles. The van der Waals surface area contributed by atoms with Crippen LogP contribution >= 0.6 is 0 Å². The Labute approximate surface area is 154 Å². The largest absolute Gasteiger partial charge is 0.368 e. The van der Waals surface area contributed by atoms with Crippen LogP contribution in [0.4, 0.5) is 17.5 Å².